The van der Waals surface area contributed by atoms with Gasteiger partial charge in [0.2, 0.25) is 0 Å². The number of hydrogen-bond donors (Lipinski definition) is 1. The Morgan fingerprint density at radius 1 is 1.08 bits per heavy atom. The summed E-state index contributed by atoms with van der Waals surface area (Å²) in [6.45, 7) is 0. The summed E-state index contributed by atoms with van der Waals surface area (Å²) in [6, 6.07) is 7.92. The number of aromatic nitrogens is 3. The van der Waals surface area contributed by atoms with Crippen LogP contribution in [0.1, 0.15) is 11.1 Å². The summed E-state index contributed by atoms with van der Waals surface area (Å²) >= 11 is 5.83. The van der Waals surface area contributed by atoms with Crippen LogP contribution >= 0.6 is 11.6 Å². The molecular weight excluding hydrogens is 358 g/mol. The lowest BCUT2D eigenvalue weighted by atomic mass is 10.0. The third-order valence-corrected chi connectivity index (χ3v) is 4.48. The second-order valence-corrected chi connectivity index (χ2v) is 6.30. The van der Waals surface area contributed by atoms with Gasteiger partial charge in [0.15, 0.2) is 11.6 Å². The van der Waals surface area contributed by atoms with E-state index in [2.05, 4.69) is 9.97 Å². The summed E-state index contributed by atoms with van der Waals surface area (Å²) in [5, 5.41) is 1.18. The predicted octanol–water partition coefficient (Wildman–Crippen LogP) is 4.53. The zero-order chi connectivity index (χ0) is 18.3. The fraction of sp³-hybridized carbons (Fsp3) is 0.0526. The van der Waals surface area contributed by atoms with Crippen molar-refractivity contribution in [2.45, 2.75) is 6.42 Å². The average molecular weight is 371 g/mol. The van der Waals surface area contributed by atoms with Gasteiger partial charge in [-0.1, -0.05) is 11.6 Å². The Labute approximate surface area is 152 Å². The van der Waals surface area contributed by atoms with Gasteiger partial charge in [0.25, 0.3) is 0 Å². The summed E-state index contributed by atoms with van der Waals surface area (Å²) in [6.07, 6.45) is 6.83. The summed E-state index contributed by atoms with van der Waals surface area (Å²) in [5.74, 6) is -1.11. The maximum absolute atomic E-state index is 14.3. The SMILES string of the molecule is Nc1nccc(Cc2cncc3c2ccn3-c2ccc(Cl)cc2F)c1F. The number of nitrogen functional groups attached to an aromatic ring is 1. The van der Waals surface area contributed by atoms with E-state index in [4.69, 9.17) is 17.3 Å². The third-order valence-electron chi connectivity index (χ3n) is 4.25. The van der Waals surface area contributed by atoms with Crippen molar-refractivity contribution in [3.63, 3.8) is 0 Å². The Morgan fingerprint density at radius 2 is 1.92 bits per heavy atom. The molecule has 0 atom stereocenters. The van der Waals surface area contributed by atoms with Crippen molar-refractivity contribution in [1.82, 2.24) is 14.5 Å². The molecular formula is C19H13ClF2N4. The van der Waals surface area contributed by atoms with Gasteiger partial charge in [-0.2, -0.15) is 0 Å². The van der Waals surface area contributed by atoms with Crippen molar-refractivity contribution >= 4 is 28.3 Å². The first-order chi connectivity index (χ1) is 12.5. The van der Waals surface area contributed by atoms with E-state index < -0.39 is 11.6 Å². The molecule has 0 bridgehead atoms. The summed E-state index contributed by atoms with van der Waals surface area (Å²) in [5.41, 5.74) is 7.85. The van der Waals surface area contributed by atoms with E-state index in [9.17, 15) is 8.78 Å². The second-order valence-electron chi connectivity index (χ2n) is 5.86. The van der Waals surface area contributed by atoms with Gasteiger partial charge in [0, 0.05) is 35.4 Å². The van der Waals surface area contributed by atoms with E-state index in [-0.39, 0.29) is 5.82 Å². The molecule has 1 aromatic carbocycles. The quantitative estimate of drug-likeness (QED) is 0.576. The monoisotopic (exact) mass is 370 g/mol. The standard InChI is InChI=1S/C19H13ClF2N4/c20-13-1-2-16(15(21)8-13)26-6-4-14-12(9-24-10-17(14)26)7-11-3-5-25-19(23)18(11)22/h1-6,8-10H,7H2,(H2,23,25). The molecule has 7 heteroatoms. The van der Waals surface area contributed by atoms with Crippen LogP contribution in [-0.2, 0) is 6.42 Å². The van der Waals surface area contributed by atoms with Crippen LogP contribution in [0, 0.1) is 11.6 Å². The summed E-state index contributed by atoms with van der Waals surface area (Å²) in [7, 11) is 0. The molecule has 0 radical (unpaired) electrons. The van der Waals surface area contributed by atoms with Crippen molar-refractivity contribution < 1.29 is 8.78 Å². The van der Waals surface area contributed by atoms with E-state index in [1.54, 1.807) is 41.4 Å². The molecule has 0 saturated carbocycles. The smallest absolute Gasteiger partial charge is 0.168 e. The topological polar surface area (TPSA) is 56.7 Å². The molecule has 0 saturated heterocycles. The molecule has 0 aliphatic heterocycles. The highest BCUT2D eigenvalue weighted by molar-refractivity contribution is 6.30. The zero-order valence-corrected chi connectivity index (χ0v) is 14.2. The molecule has 3 heterocycles. The normalized spacial score (nSPS) is 11.2. The van der Waals surface area contributed by atoms with Crippen LogP contribution in [0.4, 0.5) is 14.6 Å². The van der Waals surface area contributed by atoms with Crippen LogP contribution in [0.2, 0.25) is 5.02 Å². The number of anilines is 1. The molecule has 0 spiro atoms. The van der Waals surface area contributed by atoms with Crippen molar-refractivity contribution in [1.29, 1.82) is 0 Å². The van der Waals surface area contributed by atoms with E-state index in [1.807, 2.05) is 6.07 Å². The minimum Gasteiger partial charge on any atom is -0.381 e. The van der Waals surface area contributed by atoms with Crippen molar-refractivity contribution in [3.05, 3.63) is 82.9 Å². The Bertz CT molecular complexity index is 1120. The lowest BCUT2D eigenvalue weighted by molar-refractivity contribution is 0.613. The highest BCUT2D eigenvalue weighted by Gasteiger charge is 2.14. The molecule has 0 aliphatic carbocycles. The largest absolute Gasteiger partial charge is 0.381 e. The van der Waals surface area contributed by atoms with Crippen LogP contribution in [0.5, 0.6) is 0 Å². The number of fused-ring (bicyclic) bond motifs is 1. The van der Waals surface area contributed by atoms with Gasteiger partial charge in [0.1, 0.15) is 5.82 Å². The van der Waals surface area contributed by atoms with Gasteiger partial charge >= 0.3 is 0 Å². The number of pyridine rings is 2. The minimum absolute atomic E-state index is 0.136. The number of hydrogen-bond acceptors (Lipinski definition) is 3. The van der Waals surface area contributed by atoms with Gasteiger partial charge in [-0.3, -0.25) is 4.98 Å². The van der Waals surface area contributed by atoms with E-state index in [0.717, 1.165) is 10.9 Å². The lowest BCUT2D eigenvalue weighted by Crippen LogP contribution is -2.01. The maximum Gasteiger partial charge on any atom is 0.168 e. The van der Waals surface area contributed by atoms with Crippen LogP contribution in [0.15, 0.2) is 55.1 Å². The van der Waals surface area contributed by atoms with Crippen LogP contribution in [0.25, 0.3) is 16.6 Å². The third kappa shape index (κ3) is 2.78. The second kappa shape index (κ2) is 6.38. The average Bonchev–Trinajstić information content (AvgIpc) is 3.04. The molecule has 130 valence electrons. The molecule has 0 aliphatic rings. The first kappa shape index (κ1) is 16.5. The van der Waals surface area contributed by atoms with Gasteiger partial charge in [-0.05, 0) is 41.5 Å². The van der Waals surface area contributed by atoms with E-state index in [1.165, 1.54) is 12.3 Å². The molecule has 4 nitrogen and oxygen atoms in total. The number of halogens is 3. The van der Waals surface area contributed by atoms with E-state index >= 15 is 0 Å². The van der Waals surface area contributed by atoms with Gasteiger partial charge in [0.05, 0.1) is 17.4 Å². The maximum atomic E-state index is 14.3. The molecule has 4 rings (SSSR count). The van der Waals surface area contributed by atoms with Crippen LogP contribution in [-0.4, -0.2) is 14.5 Å². The van der Waals surface area contributed by atoms with E-state index in [0.29, 0.717) is 28.2 Å². The summed E-state index contributed by atoms with van der Waals surface area (Å²) < 4.78 is 30.2. The first-order valence-electron chi connectivity index (χ1n) is 7.83. The Hall–Kier alpha value is -2.99. The highest BCUT2D eigenvalue weighted by atomic mass is 35.5. The summed E-state index contributed by atoms with van der Waals surface area (Å²) in [4.78, 5) is 7.96. The molecule has 2 N–H and O–H groups in total. The lowest BCUT2D eigenvalue weighted by Gasteiger charge is -2.09. The Kier molecular flexibility index (Phi) is 4.05. The van der Waals surface area contributed by atoms with Gasteiger partial charge in [-0.25, -0.2) is 13.8 Å². The molecule has 0 amide bonds. The fourth-order valence-corrected chi connectivity index (χ4v) is 3.15. The van der Waals surface area contributed by atoms with Gasteiger partial charge < -0.3 is 10.3 Å². The number of benzene rings is 1. The number of nitrogens with zero attached hydrogens (tertiary/aromatic N) is 3. The number of rotatable bonds is 3. The molecule has 0 fully saturated rings. The first-order valence-corrected chi connectivity index (χ1v) is 8.20. The van der Waals surface area contributed by atoms with Crippen molar-refractivity contribution in [3.8, 4) is 5.69 Å². The number of nitrogens with two attached hydrogens (primary N) is 1. The Morgan fingerprint density at radius 3 is 2.73 bits per heavy atom. The minimum atomic E-state index is -0.535. The molecule has 0 unspecified atom stereocenters. The highest BCUT2D eigenvalue weighted by Crippen LogP contribution is 2.27. The van der Waals surface area contributed by atoms with Gasteiger partial charge in [-0.15, -0.1) is 0 Å². The fourth-order valence-electron chi connectivity index (χ4n) is 2.99. The molecule has 26 heavy (non-hydrogen) atoms. The molecule has 3 aromatic heterocycles. The van der Waals surface area contributed by atoms with Crippen molar-refractivity contribution in [2.75, 3.05) is 5.73 Å². The predicted molar refractivity (Wildman–Crippen MR) is 97.5 cm³/mol. The molecule has 4 aromatic rings. The van der Waals surface area contributed by atoms with Crippen molar-refractivity contribution in [2.24, 2.45) is 0 Å². The zero-order valence-electron chi connectivity index (χ0n) is 13.5. The Balaban J connectivity index is 1.82. The van der Waals surface area contributed by atoms with Crippen LogP contribution < -0.4 is 5.73 Å². The van der Waals surface area contributed by atoms with Crippen LogP contribution in [0.3, 0.4) is 0 Å².